The van der Waals surface area contributed by atoms with Crippen molar-refractivity contribution < 1.29 is 4.39 Å². The van der Waals surface area contributed by atoms with Gasteiger partial charge in [0, 0.05) is 0 Å². The van der Waals surface area contributed by atoms with Gasteiger partial charge in [0.25, 0.3) is 0 Å². The Labute approximate surface area is 125 Å². The van der Waals surface area contributed by atoms with Crippen molar-refractivity contribution in [2.45, 2.75) is 51.9 Å². The van der Waals surface area contributed by atoms with Crippen LogP contribution >= 0.6 is 11.3 Å². The maximum Gasteiger partial charge on any atom is 0.126 e. The van der Waals surface area contributed by atoms with E-state index in [1.807, 2.05) is 6.07 Å². The first kappa shape index (κ1) is 15.2. The molecule has 0 nitrogen and oxygen atoms in total. The maximum absolute atomic E-state index is 14.4. The Bertz CT molecular complexity index is 574. The predicted octanol–water partition coefficient (Wildman–Crippen LogP) is 5.71. The molecule has 0 bridgehead atoms. The average molecular weight is 290 g/mol. The first-order valence-electron chi connectivity index (χ1n) is 7.02. The standard InChI is InChI=1S/C18H23FS/c1-17(2,3)14-7-6-13(16(19)10-14)11-18(4,5)15-8-9-20-12-15/h6-10,12H,11H2,1-5H3. The van der Waals surface area contributed by atoms with E-state index in [9.17, 15) is 4.39 Å². The van der Waals surface area contributed by atoms with Gasteiger partial charge in [0.1, 0.15) is 5.82 Å². The molecule has 0 fully saturated rings. The van der Waals surface area contributed by atoms with Gasteiger partial charge in [0.15, 0.2) is 0 Å². The van der Waals surface area contributed by atoms with Gasteiger partial charge in [0.05, 0.1) is 0 Å². The van der Waals surface area contributed by atoms with Crippen LogP contribution in [0.15, 0.2) is 35.0 Å². The van der Waals surface area contributed by atoms with Crippen molar-refractivity contribution in [3.63, 3.8) is 0 Å². The van der Waals surface area contributed by atoms with Crippen LogP contribution < -0.4 is 0 Å². The minimum Gasteiger partial charge on any atom is -0.207 e. The van der Waals surface area contributed by atoms with Crippen LogP contribution in [-0.4, -0.2) is 0 Å². The highest BCUT2D eigenvalue weighted by Gasteiger charge is 2.24. The van der Waals surface area contributed by atoms with Crippen molar-refractivity contribution in [3.8, 4) is 0 Å². The molecule has 0 spiro atoms. The molecular formula is C18H23FS. The molecule has 108 valence electrons. The highest BCUT2D eigenvalue weighted by atomic mass is 32.1. The van der Waals surface area contributed by atoms with E-state index in [1.54, 1.807) is 17.4 Å². The van der Waals surface area contributed by atoms with Crippen LogP contribution in [0.3, 0.4) is 0 Å². The van der Waals surface area contributed by atoms with E-state index >= 15 is 0 Å². The van der Waals surface area contributed by atoms with Gasteiger partial charge < -0.3 is 0 Å². The normalized spacial score (nSPS) is 12.7. The van der Waals surface area contributed by atoms with Crippen LogP contribution in [0.5, 0.6) is 0 Å². The number of rotatable bonds is 3. The Balaban J connectivity index is 2.27. The molecule has 0 amide bonds. The lowest BCUT2D eigenvalue weighted by Crippen LogP contribution is -2.21. The Morgan fingerprint density at radius 3 is 2.20 bits per heavy atom. The lowest BCUT2D eigenvalue weighted by atomic mass is 9.79. The zero-order valence-corrected chi connectivity index (χ0v) is 13.8. The first-order valence-corrected chi connectivity index (χ1v) is 7.96. The van der Waals surface area contributed by atoms with Crippen molar-refractivity contribution in [1.29, 1.82) is 0 Å². The fraction of sp³-hybridized carbons (Fsp3) is 0.444. The predicted molar refractivity (Wildman–Crippen MR) is 86.1 cm³/mol. The Morgan fingerprint density at radius 1 is 1.00 bits per heavy atom. The smallest absolute Gasteiger partial charge is 0.126 e. The van der Waals surface area contributed by atoms with E-state index in [0.29, 0.717) is 0 Å². The van der Waals surface area contributed by atoms with Crippen LogP contribution in [0.2, 0.25) is 0 Å². The molecule has 1 heterocycles. The minimum atomic E-state index is -0.0827. The Kier molecular flexibility index (Phi) is 4.06. The lowest BCUT2D eigenvalue weighted by molar-refractivity contribution is 0.499. The van der Waals surface area contributed by atoms with E-state index in [4.69, 9.17) is 0 Å². The van der Waals surface area contributed by atoms with Gasteiger partial charge in [-0.1, -0.05) is 46.8 Å². The van der Waals surface area contributed by atoms with E-state index in [1.165, 1.54) is 5.56 Å². The summed E-state index contributed by atoms with van der Waals surface area (Å²) in [6, 6.07) is 7.83. The molecule has 20 heavy (non-hydrogen) atoms. The molecule has 0 atom stereocenters. The monoisotopic (exact) mass is 290 g/mol. The van der Waals surface area contributed by atoms with Crippen LogP contribution in [0.25, 0.3) is 0 Å². The molecule has 2 rings (SSSR count). The van der Waals surface area contributed by atoms with Gasteiger partial charge in [-0.3, -0.25) is 0 Å². The van der Waals surface area contributed by atoms with Crippen molar-refractivity contribution in [3.05, 3.63) is 57.5 Å². The number of benzene rings is 1. The van der Waals surface area contributed by atoms with E-state index < -0.39 is 0 Å². The van der Waals surface area contributed by atoms with Crippen LogP contribution in [-0.2, 0) is 17.3 Å². The third kappa shape index (κ3) is 3.29. The number of hydrogen-bond acceptors (Lipinski definition) is 1. The van der Waals surface area contributed by atoms with Crippen molar-refractivity contribution in [2.75, 3.05) is 0 Å². The fourth-order valence-corrected chi connectivity index (χ4v) is 3.23. The summed E-state index contributed by atoms with van der Waals surface area (Å²) in [6.07, 6.45) is 0.722. The molecule has 0 saturated carbocycles. The highest BCUT2D eigenvalue weighted by molar-refractivity contribution is 7.08. The third-order valence-electron chi connectivity index (χ3n) is 3.85. The zero-order chi connectivity index (χ0) is 15.0. The van der Waals surface area contributed by atoms with Crippen molar-refractivity contribution in [1.82, 2.24) is 0 Å². The van der Waals surface area contributed by atoms with Gasteiger partial charge in [-0.05, 0) is 56.8 Å². The molecule has 0 unspecified atom stereocenters. The van der Waals surface area contributed by atoms with Crippen molar-refractivity contribution >= 4 is 11.3 Å². The summed E-state index contributed by atoms with van der Waals surface area (Å²) in [4.78, 5) is 0. The van der Waals surface area contributed by atoms with Crippen LogP contribution in [0, 0.1) is 5.82 Å². The number of halogens is 1. The summed E-state index contributed by atoms with van der Waals surface area (Å²) in [5.41, 5.74) is 3.08. The quantitative estimate of drug-likeness (QED) is 0.679. The van der Waals surface area contributed by atoms with Gasteiger partial charge >= 0.3 is 0 Å². The molecule has 2 aromatic rings. The number of thiophene rings is 1. The summed E-state index contributed by atoms with van der Waals surface area (Å²) in [7, 11) is 0. The Hall–Kier alpha value is -1.15. The topological polar surface area (TPSA) is 0 Å². The maximum atomic E-state index is 14.4. The lowest BCUT2D eigenvalue weighted by Gasteiger charge is -2.25. The molecule has 0 aliphatic heterocycles. The van der Waals surface area contributed by atoms with E-state index in [0.717, 1.165) is 17.5 Å². The van der Waals surface area contributed by atoms with Gasteiger partial charge in [-0.25, -0.2) is 4.39 Å². The third-order valence-corrected chi connectivity index (χ3v) is 4.54. The second-order valence-corrected chi connectivity index (χ2v) is 7.91. The SMILES string of the molecule is CC(C)(C)c1ccc(CC(C)(C)c2ccsc2)c(F)c1. The Morgan fingerprint density at radius 2 is 1.70 bits per heavy atom. The van der Waals surface area contributed by atoms with E-state index in [2.05, 4.69) is 57.5 Å². The molecule has 0 saturated heterocycles. The van der Waals surface area contributed by atoms with Crippen LogP contribution in [0.1, 0.15) is 51.3 Å². The molecule has 0 N–H and O–H groups in total. The largest absolute Gasteiger partial charge is 0.207 e. The summed E-state index contributed by atoms with van der Waals surface area (Å²) in [5, 5.41) is 4.23. The highest BCUT2D eigenvalue weighted by Crippen LogP contribution is 2.31. The number of hydrogen-bond donors (Lipinski definition) is 0. The molecule has 1 aromatic carbocycles. The molecule has 0 aliphatic rings. The summed E-state index contributed by atoms with van der Waals surface area (Å²) in [5.74, 6) is -0.0827. The van der Waals surface area contributed by atoms with Gasteiger partial charge in [-0.2, -0.15) is 11.3 Å². The summed E-state index contributed by atoms with van der Waals surface area (Å²) >= 11 is 1.69. The molecule has 1 aromatic heterocycles. The fourth-order valence-electron chi connectivity index (χ4n) is 2.38. The second-order valence-electron chi connectivity index (χ2n) is 7.13. The zero-order valence-electron chi connectivity index (χ0n) is 13.0. The summed E-state index contributed by atoms with van der Waals surface area (Å²) in [6.45, 7) is 10.7. The van der Waals surface area contributed by atoms with Crippen molar-refractivity contribution in [2.24, 2.45) is 0 Å². The van der Waals surface area contributed by atoms with Gasteiger partial charge in [-0.15, -0.1) is 0 Å². The van der Waals surface area contributed by atoms with Crippen LogP contribution in [0.4, 0.5) is 4.39 Å². The average Bonchev–Trinajstić information content (AvgIpc) is 2.84. The minimum absolute atomic E-state index is 0.0117. The molecule has 0 radical (unpaired) electrons. The second kappa shape index (κ2) is 5.33. The molecular weight excluding hydrogens is 267 g/mol. The van der Waals surface area contributed by atoms with Gasteiger partial charge in [0.2, 0.25) is 0 Å². The summed E-state index contributed by atoms with van der Waals surface area (Å²) < 4.78 is 14.4. The molecule has 0 aliphatic carbocycles. The first-order chi connectivity index (χ1) is 9.20. The molecule has 2 heteroatoms. The van der Waals surface area contributed by atoms with E-state index in [-0.39, 0.29) is 16.6 Å².